The highest BCUT2D eigenvalue weighted by molar-refractivity contribution is 6.09. The standard InChI is InChI=1S/C30H24O6/c1-18(31)22-12-13-23-24-15-27(34-2)28(16-26(24)36-30(33)25(23)14-22)35-17-19-8-10-21(11-9-19)29(32)20-6-4-3-5-7-20/h3-16,18,31H,17H2,1-2H3. The van der Waals surface area contributed by atoms with Crippen LogP contribution in [0.5, 0.6) is 11.5 Å². The number of benzene rings is 4. The van der Waals surface area contributed by atoms with Gasteiger partial charge in [-0.05, 0) is 30.2 Å². The molecule has 5 rings (SSSR count). The number of methoxy groups -OCH3 is 1. The number of carbonyl (C=O) groups excluding carboxylic acids is 1. The Kier molecular flexibility index (Phi) is 6.27. The molecule has 1 N–H and O–H groups in total. The molecule has 5 aromatic rings. The first kappa shape index (κ1) is 23.3. The van der Waals surface area contributed by atoms with Gasteiger partial charge in [0.2, 0.25) is 0 Å². The van der Waals surface area contributed by atoms with Crippen LogP contribution in [0.1, 0.15) is 40.1 Å². The predicted octanol–water partition coefficient (Wildman–Crippen LogP) is 5.82. The monoisotopic (exact) mass is 480 g/mol. The molecule has 0 aliphatic rings. The molecule has 0 aliphatic heterocycles. The second-order valence-electron chi connectivity index (χ2n) is 8.55. The minimum Gasteiger partial charge on any atom is -0.493 e. The zero-order valence-electron chi connectivity index (χ0n) is 19.9. The van der Waals surface area contributed by atoms with E-state index in [2.05, 4.69) is 0 Å². The molecule has 6 heteroatoms. The Morgan fingerprint density at radius 1 is 0.861 bits per heavy atom. The number of aliphatic hydroxyl groups is 1. The van der Waals surface area contributed by atoms with Gasteiger partial charge in [0.15, 0.2) is 17.3 Å². The highest BCUT2D eigenvalue weighted by Gasteiger charge is 2.15. The van der Waals surface area contributed by atoms with Gasteiger partial charge < -0.3 is 19.0 Å². The summed E-state index contributed by atoms with van der Waals surface area (Å²) in [5.41, 5.74) is 2.62. The lowest BCUT2D eigenvalue weighted by molar-refractivity contribution is 0.103. The molecule has 180 valence electrons. The van der Waals surface area contributed by atoms with Crippen molar-refractivity contribution in [3.05, 3.63) is 118 Å². The topological polar surface area (TPSA) is 86.0 Å². The number of hydrogen-bond donors (Lipinski definition) is 1. The lowest BCUT2D eigenvalue weighted by Crippen LogP contribution is -2.04. The molecule has 1 unspecified atom stereocenters. The second-order valence-corrected chi connectivity index (χ2v) is 8.55. The van der Waals surface area contributed by atoms with E-state index in [9.17, 15) is 14.7 Å². The molecular weight excluding hydrogens is 456 g/mol. The number of fused-ring (bicyclic) bond motifs is 3. The summed E-state index contributed by atoms with van der Waals surface area (Å²) in [5, 5.41) is 11.7. The smallest absolute Gasteiger partial charge is 0.344 e. The van der Waals surface area contributed by atoms with Crippen molar-refractivity contribution in [1.82, 2.24) is 0 Å². The van der Waals surface area contributed by atoms with Crippen molar-refractivity contribution in [3.8, 4) is 11.5 Å². The molecule has 0 saturated heterocycles. The van der Waals surface area contributed by atoms with Crippen LogP contribution in [0.25, 0.3) is 21.7 Å². The van der Waals surface area contributed by atoms with Gasteiger partial charge in [-0.25, -0.2) is 4.79 Å². The minimum absolute atomic E-state index is 0.0397. The molecule has 0 amide bonds. The summed E-state index contributed by atoms with van der Waals surface area (Å²) in [5.74, 6) is 0.882. The van der Waals surface area contributed by atoms with Gasteiger partial charge in [0.25, 0.3) is 0 Å². The van der Waals surface area contributed by atoms with Crippen LogP contribution in [0, 0.1) is 0 Å². The first-order chi connectivity index (χ1) is 17.4. The third kappa shape index (κ3) is 4.46. The van der Waals surface area contributed by atoms with E-state index in [0.29, 0.717) is 49.9 Å². The summed E-state index contributed by atoms with van der Waals surface area (Å²) < 4.78 is 17.1. The maximum Gasteiger partial charge on any atom is 0.344 e. The van der Waals surface area contributed by atoms with Crippen LogP contribution >= 0.6 is 0 Å². The third-order valence-electron chi connectivity index (χ3n) is 6.15. The largest absolute Gasteiger partial charge is 0.493 e. The van der Waals surface area contributed by atoms with Gasteiger partial charge in [0, 0.05) is 28.0 Å². The summed E-state index contributed by atoms with van der Waals surface area (Å²) in [6.45, 7) is 1.88. The molecule has 1 atom stereocenters. The van der Waals surface area contributed by atoms with E-state index in [1.807, 2.05) is 30.3 Å². The van der Waals surface area contributed by atoms with Gasteiger partial charge in [-0.2, -0.15) is 0 Å². The number of aliphatic hydroxyl groups excluding tert-OH is 1. The van der Waals surface area contributed by atoms with Crippen molar-refractivity contribution in [2.24, 2.45) is 0 Å². The number of ether oxygens (including phenoxy) is 2. The highest BCUT2D eigenvalue weighted by atomic mass is 16.5. The highest BCUT2D eigenvalue weighted by Crippen LogP contribution is 2.36. The number of rotatable bonds is 7. The number of ketones is 1. The summed E-state index contributed by atoms with van der Waals surface area (Å²) in [6.07, 6.45) is -0.694. The van der Waals surface area contributed by atoms with Crippen LogP contribution in [-0.4, -0.2) is 18.0 Å². The average Bonchev–Trinajstić information content (AvgIpc) is 2.91. The average molecular weight is 481 g/mol. The van der Waals surface area contributed by atoms with Crippen molar-refractivity contribution in [2.45, 2.75) is 19.6 Å². The van der Waals surface area contributed by atoms with E-state index < -0.39 is 11.7 Å². The van der Waals surface area contributed by atoms with Gasteiger partial charge in [-0.3, -0.25) is 4.79 Å². The van der Waals surface area contributed by atoms with Crippen LogP contribution in [0.2, 0.25) is 0 Å². The first-order valence-electron chi connectivity index (χ1n) is 11.5. The van der Waals surface area contributed by atoms with Gasteiger partial charge in [0.05, 0.1) is 18.6 Å². The fraction of sp³-hybridized carbons (Fsp3) is 0.133. The Morgan fingerprint density at radius 3 is 2.28 bits per heavy atom. The van der Waals surface area contributed by atoms with Gasteiger partial charge in [-0.1, -0.05) is 66.7 Å². The quantitative estimate of drug-likeness (QED) is 0.180. The zero-order valence-corrected chi connectivity index (χ0v) is 19.9. The predicted molar refractivity (Wildman–Crippen MR) is 138 cm³/mol. The fourth-order valence-electron chi connectivity index (χ4n) is 4.16. The Hall–Kier alpha value is -4.42. The van der Waals surface area contributed by atoms with Crippen LogP contribution < -0.4 is 15.1 Å². The molecule has 6 nitrogen and oxygen atoms in total. The van der Waals surface area contributed by atoms with E-state index in [-0.39, 0.29) is 12.4 Å². The summed E-state index contributed by atoms with van der Waals surface area (Å²) in [7, 11) is 1.55. The van der Waals surface area contributed by atoms with E-state index in [1.165, 1.54) is 0 Å². The van der Waals surface area contributed by atoms with Gasteiger partial charge in [0.1, 0.15) is 12.2 Å². The minimum atomic E-state index is -0.694. The molecule has 1 aromatic heterocycles. The summed E-state index contributed by atoms with van der Waals surface area (Å²) in [4.78, 5) is 25.3. The fourth-order valence-corrected chi connectivity index (χ4v) is 4.16. The van der Waals surface area contributed by atoms with Crippen molar-refractivity contribution < 1.29 is 23.8 Å². The summed E-state index contributed by atoms with van der Waals surface area (Å²) in [6, 6.07) is 25.0. The normalized spacial score (nSPS) is 12.0. The van der Waals surface area contributed by atoms with E-state index >= 15 is 0 Å². The number of carbonyl (C=O) groups is 1. The Labute approximate surface area is 207 Å². The molecule has 0 spiro atoms. The molecule has 0 radical (unpaired) electrons. The van der Waals surface area contributed by atoms with Gasteiger partial charge >= 0.3 is 5.63 Å². The first-order valence-corrected chi connectivity index (χ1v) is 11.5. The molecular formula is C30H24O6. The van der Waals surface area contributed by atoms with E-state index in [4.69, 9.17) is 13.9 Å². The van der Waals surface area contributed by atoms with Crippen LogP contribution in [0.15, 0.2) is 94.1 Å². The lowest BCUT2D eigenvalue weighted by Gasteiger charge is -2.13. The van der Waals surface area contributed by atoms with Crippen molar-refractivity contribution in [3.63, 3.8) is 0 Å². The molecule has 0 saturated carbocycles. The maximum absolute atomic E-state index is 12.7. The molecule has 4 aromatic carbocycles. The molecule has 0 fully saturated rings. The Bertz CT molecular complexity index is 1620. The van der Waals surface area contributed by atoms with E-state index in [0.717, 1.165) is 5.56 Å². The Balaban J connectivity index is 1.42. The van der Waals surface area contributed by atoms with Crippen LogP contribution in [0.3, 0.4) is 0 Å². The maximum atomic E-state index is 12.7. The van der Waals surface area contributed by atoms with Crippen molar-refractivity contribution in [2.75, 3.05) is 7.11 Å². The van der Waals surface area contributed by atoms with Crippen LogP contribution in [-0.2, 0) is 6.61 Å². The molecule has 1 heterocycles. The van der Waals surface area contributed by atoms with Crippen LogP contribution in [0.4, 0.5) is 0 Å². The summed E-state index contributed by atoms with van der Waals surface area (Å²) >= 11 is 0. The van der Waals surface area contributed by atoms with Crippen molar-refractivity contribution >= 4 is 27.5 Å². The van der Waals surface area contributed by atoms with Crippen molar-refractivity contribution in [1.29, 1.82) is 0 Å². The lowest BCUT2D eigenvalue weighted by atomic mass is 10.0. The third-order valence-corrected chi connectivity index (χ3v) is 6.15. The second kappa shape index (κ2) is 9.68. The molecule has 0 aliphatic carbocycles. The SMILES string of the molecule is COc1cc2c(cc1OCc1ccc(C(=O)c3ccccc3)cc1)oc(=O)c1cc(C(C)O)ccc12. The Morgan fingerprint density at radius 2 is 1.58 bits per heavy atom. The molecule has 0 bridgehead atoms. The van der Waals surface area contributed by atoms with E-state index in [1.54, 1.807) is 68.6 Å². The molecule has 36 heavy (non-hydrogen) atoms. The zero-order chi connectivity index (χ0) is 25.2. The number of hydrogen-bond acceptors (Lipinski definition) is 6. The van der Waals surface area contributed by atoms with Gasteiger partial charge in [-0.15, -0.1) is 0 Å².